The summed E-state index contributed by atoms with van der Waals surface area (Å²) >= 11 is 0. The molecule has 0 bridgehead atoms. The summed E-state index contributed by atoms with van der Waals surface area (Å²) in [6, 6.07) is 0. The van der Waals surface area contributed by atoms with Gasteiger partial charge in [0.25, 0.3) is 0 Å². The molecule has 0 radical (unpaired) electrons. The quantitative estimate of drug-likeness (QED) is 0.527. The van der Waals surface area contributed by atoms with Crippen LogP contribution < -0.4 is 0 Å². The van der Waals surface area contributed by atoms with Gasteiger partial charge in [0.05, 0.1) is 0 Å². The Bertz CT molecular complexity index is 199. The fraction of sp³-hybridized carbons (Fsp3) is 0.667. The number of halogens is 1. The molecule has 3 heteroatoms. The van der Waals surface area contributed by atoms with Crippen LogP contribution in [0, 0.1) is 5.92 Å². The van der Waals surface area contributed by atoms with Crippen molar-refractivity contribution in [3.8, 4) is 0 Å². The van der Waals surface area contributed by atoms with Gasteiger partial charge < -0.3 is 5.11 Å². The molecule has 0 spiro atoms. The molecular formula is C9H15FO2. The maximum atomic E-state index is 12.9. The maximum absolute atomic E-state index is 12.9. The van der Waals surface area contributed by atoms with Crippen molar-refractivity contribution in [2.24, 2.45) is 5.92 Å². The van der Waals surface area contributed by atoms with Gasteiger partial charge in [0.2, 0.25) is 0 Å². The second-order valence-corrected chi connectivity index (χ2v) is 3.56. The number of hydrogen-bond acceptors (Lipinski definition) is 2. The Balaban J connectivity index is 4.48. The predicted octanol–water partition coefficient (Wildman–Crippen LogP) is 2.40. The van der Waals surface area contributed by atoms with E-state index >= 15 is 0 Å². The molecule has 0 fully saturated rings. The van der Waals surface area contributed by atoms with Gasteiger partial charge >= 0.3 is 0 Å². The highest BCUT2D eigenvalue weighted by atomic mass is 19.1. The third kappa shape index (κ3) is 3.51. The van der Waals surface area contributed by atoms with Crippen LogP contribution in [0.5, 0.6) is 0 Å². The number of alkyl halides is 1. The van der Waals surface area contributed by atoms with Gasteiger partial charge in [0, 0.05) is 12.0 Å². The number of carbonyl (C=O) groups is 1. The zero-order chi connectivity index (χ0) is 9.94. The van der Waals surface area contributed by atoms with E-state index < -0.39 is 11.4 Å². The number of carbonyl (C=O) groups excluding carboxylic acids is 1. The van der Waals surface area contributed by atoms with Crippen LogP contribution in [0.25, 0.3) is 0 Å². The summed E-state index contributed by atoms with van der Waals surface area (Å²) < 4.78 is 12.9. The van der Waals surface area contributed by atoms with Crippen LogP contribution in [0.2, 0.25) is 0 Å². The van der Waals surface area contributed by atoms with Crippen molar-refractivity contribution in [3.63, 3.8) is 0 Å². The van der Waals surface area contributed by atoms with E-state index in [-0.39, 0.29) is 11.7 Å². The van der Waals surface area contributed by atoms with E-state index in [4.69, 9.17) is 5.11 Å². The van der Waals surface area contributed by atoms with Crippen LogP contribution in [0.1, 0.15) is 27.7 Å². The van der Waals surface area contributed by atoms with E-state index in [2.05, 4.69) is 0 Å². The standard InChI is InChI=1S/C9H15FO2/c1-6(2)7(11)5-8(12)9(3,4)10/h5-6,12H,1-4H3. The minimum atomic E-state index is -1.83. The Morgan fingerprint density at radius 1 is 1.50 bits per heavy atom. The summed E-state index contributed by atoms with van der Waals surface area (Å²) in [6.07, 6.45) is 0.949. The van der Waals surface area contributed by atoms with E-state index in [0.29, 0.717) is 0 Å². The first kappa shape index (κ1) is 11.1. The Hall–Kier alpha value is -0.860. The number of aliphatic hydroxyl groups excluding tert-OH is 1. The minimum Gasteiger partial charge on any atom is -0.509 e. The molecule has 0 aromatic rings. The van der Waals surface area contributed by atoms with Crippen LogP contribution in [0.3, 0.4) is 0 Å². The molecule has 0 unspecified atom stereocenters. The largest absolute Gasteiger partial charge is 0.509 e. The zero-order valence-electron chi connectivity index (χ0n) is 7.89. The van der Waals surface area contributed by atoms with Gasteiger partial charge in [-0.1, -0.05) is 13.8 Å². The van der Waals surface area contributed by atoms with Crippen molar-refractivity contribution >= 4 is 5.78 Å². The summed E-state index contributed by atoms with van der Waals surface area (Å²) in [7, 11) is 0. The van der Waals surface area contributed by atoms with E-state index in [0.717, 1.165) is 6.08 Å². The molecule has 0 aromatic heterocycles. The fourth-order valence-electron chi connectivity index (χ4n) is 0.473. The molecule has 0 aliphatic carbocycles. The molecular weight excluding hydrogens is 159 g/mol. The molecule has 2 nitrogen and oxygen atoms in total. The molecule has 0 atom stereocenters. The Morgan fingerprint density at radius 2 is 1.92 bits per heavy atom. The van der Waals surface area contributed by atoms with Gasteiger partial charge in [-0.05, 0) is 13.8 Å². The summed E-state index contributed by atoms with van der Waals surface area (Å²) in [6.45, 7) is 5.79. The van der Waals surface area contributed by atoms with Gasteiger partial charge in [0.1, 0.15) is 5.76 Å². The number of ketones is 1. The lowest BCUT2D eigenvalue weighted by Gasteiger charge is -2.12. The van der Waals surface area contributed by atoms with E-state index in [1.54, 1.807) is 13.8 Å². The third-order valence-corrected chi connectivity index (χ3v) is 1.46. The predicted molar refractivity (Wildman–Crippen MR) is 45.7 cm³/mol. The lowest BCUT2D eigenvalue weighted by atomic mass is 10.0. The minimum absolute atomic E-state index is 0.213. The first-order valence-electron chi connectivity index (χ1n) is 3.89. The lowest BCUT2D eigenvalue weighted by molar-refractivity contribution is -0.117. The molecule has 12 heavy (non-hydrogen) atoms. The summed E-state index contributed by atoms with van der Waals surface area (Å²) in [5, 5.41) is 9.07. The first-order chi connectivity index (χ1) is 5.25. The second kappa shape index (κ2) is 3.70. The molecule has 0 amide bonds. The average molecular weight is 174 g/mol. The molecule has 0 aliphatic heterocycles. The van der Waals surface area contributed by atoms with Gasteiger partial charge in [-0.15, -0.1) is 0 Å². The number of aliphatic hydroxyl groups is 1. The van der Waals surface area contributed by atoms with Crippen LogP contribution in [0.4, 0.5) is 4.39 Å². The fourth-order valence-corrected chi connectivity index (χ4v) is 0.473. The monoisotopic (exact) mass is 174 g/mol. The van der Waals surface area contributed by atoms with Gasteiger partial charge in [-0.3, -0.25) is 4.79 Å². The van der Waals surface area contributed by atoms with Crippen LogP contribution in [-0.4, -0.2) is 16.6 Å². The average Bonchev–Trinajstić information content (AvgIpc) is 1.85. The van der Waals surface area contributed by atoms with Crippen LogP contribution >= 0.6 is 0 Å². The van der Waals surface area contributed by atoms with Crippen molar-refractivity contribution in [1.29, 1.82) is 0 Å². The SMILES string of the molecule is CC(C)C(=O)C=C(O)C(C)(C)F. The molecule has 1 N–H and O–H groups in total. The molecule has 0 saturated carbocycles. The highest BCUT2D eigenvalue weighted by Gasteiger charge is 2.22. The van der Waals surface area contributed by atoms with Crippen molar-refractivity contribution < 1.29 is 14.3 Å². The number of hydrogen-bond donors (Lipinski definition) is 1. The van der Waals surface area contributed by atoms with E-state index in [9.17, 15) is 9.18 Å². The summed E-state index contributed by atoms with van der Waals surface area (Å²) in [5.74, 6) is -0.992. The zero-order valence-corrected chi connectivity index (χ0v) is 7.89. The third-order valence-electron chi connectivity index (χ3n) is 1.46. The molecule has 70 valence electrons. The smallest absolute Gasteiger partial charge is 0.161 e. The topological polar surface area (TPSA) is 37.3 Å². The number of rotatable bonds is 3. The molecule has 0 aromatic carbocycles. The van der Waals surface area contributed by atoms with Crippen LogP contribution in [0.15, 0.2) is 11.8 Å². The molecule has 0 heterocycles. The van der Waals surface area contributed by atoms with E-state index in [1.807, 2.05) is 0 Å². The van der Waals surface area contributed by atoms with E-state index in [1.165, 1.54) is 13.8 Å². The Morgan fingerprint density at radius 3 is 2.17 bits per heavy atom. The van der Waals surface area contributed by atoms with Gasteiger partial charge in [-0.25, -0.2) is 4.39 Å². The normalized spacial score (nSPS) is 13.7. The van der Waals surface area contributed by atoms with Crippen molar-refractivity contribution in [2.75, 3.05) is 0 Å². The second-order valence-electron chi connectivity index (χ2n) is 3.56. The molecule has 0 saturated heterocycles. The summed E-state index contributed by atoms with van der Waals surface area (Å²) in [5.41, 5.74) is -1.83. The molecule has 0 rings (SSSR count). The molecule has 0 aliphatic rings. The van der Waals surface area contributed by atoms with Gasteiger partial charge in [-0.2, -0.15) is 0 Å². The van der Waals surface area contributed by atoms with Crippen LogP contribution in [-0.2, 0) is 4.79 Å². The first-order valence-corrected chi connectivity index (χ1v) is 3.89. The van der Waals surface area contributed by atoms with Crippen molar-refractivity contribution in [3.05, 3.63) is 11.8 Å². The Kier molecular flexibility index (Phi) is 3.43. The van der Waals surface area contributed by atoms with Gasteiger partial charge in [0.15, 0.2) is 11.5 Å². The Labute approximate surface area is 72.1 Å². The van der Waals surface area contributed by atoms with Crippen molar-refractivity contribution in [1.82, 2.24) is 0 Å². The summed E-state index contributed by atoms with van der Waals surface area (Å²) in [4.78, 5) is 11.0. The lowest BCUT2D eigenvalue weighted by Crippen LogP contribution is -2.17. The highest BCUT2D eigenvalue weighted by Crippen LogP contribution is 2.18. The van der Waals surface area contributed by atoms with Crippen molar-refractivity contribution in [2.45, 2.75) is 33.4 Å². The highest BCUT2D eigenvalue weighted by molar-refractivity contribution is 5.91. The number of allylic oxidation sites excluding steroid dienone is 2. The maximum Gasteiger partial charge on any atom is 0.161 e.